The van der Waals surface area contributed by atoms with Gasteiger partial charge in [-0.1, -0.05) is 78.6 Å². The Kier molecular flexibility index (Phi) is 27.2. The number of unbranched alkanes of at least 4 members (excludes halogenated alkanes) is 2. The van der Waals surface area contributed by atoms with Gasteiger partial charge in [-0.05, 0) is 96.8 Å². The van der Waals surface area contributed by atoms with Crippen molar-refractivity contribution in [2.45, 2.75) is 156 Å². The van der Waals surface area contributed by atoms with E-state index in [1.165, 1.54) is 0 Å². The summed E-state index contributed by atoms with van der Waals surface area (Å²) in [6.45, 7) is 25.2. The number of aliphatic hydroxyl groups excluding tert-OH is 4. The van der Waals surface area contributed by atoms with Gasteiger partial charge in [-0.25, -0.2) is 0 Å². The summed E-state index contributed by atoms with van der Waals surface area (Å²) < 4.78 is 23.6. The highest BCUT2D eigenvalue weighted by Gasteiger charge is 2.29. The third-order valence-corrected chi connectivity index (χ3v) is 7.86. The van der Waals surface area contributed by atoms with Crippen molar-refractivity contribution in [1.82, 2.24) is 0 Å². The average molecular weight is 671 g/mol. The van der Waals surface area contributed by atoms with Crippen molar-refractivity contribution in [2.24, 2.45) is 17.8 Å². The third kappa shape index (κ3) is 25.4. The molecule has 0 saturated heterocycles. The maximum Gasteiger partial charge on any atom is 0.126 e. The molecule has 0 fully saturated rings. The van der Waals surface area contributed by atoms with Gasteiger partial charge in [0.2, 0.25) is 0 Å². The molecule has 0 aliphatic heterocycles. The van der Waals surface area contributed by atoms with Gasteiger partial charge in [0, 0.05) is 26.4 Å². The van der Waals surface area contributed by atoms with Crippen LogP contribution in [0.4, 0.5) is 0 Å². The molecule has 8 heteroatoms. The Morgan fingerprint density at radius 1 is 0.468 bits per heavy atom. The van der Waals surface area contributed by atoms with Crippen LogP contribution in [0.25, 0.3) is 0 Å². The summed E-state index contributed by atoms with van der Waals surface area (Å²) in [5.74, 6) is 14.6. The van der Waals surface area contributed by atoms with E-state index in [0.717, 1.165) is 57.8 Å². The molecule has 278 valence electrons. The van der Waals surface area contributed by atoms with Gasteiger partial charge < -0.3 is 39.4 Å². The first kappa shape index (κ1) is 47.9. The van der Waals surface area contributed by atoms with Crippen LogP contribution in [-0.4, -0.2) is 95.7 Å². The SMILES string of the molecule is CC(C)CC(C)(C#CC(C)(CC(C)C)OCCCCO)OCCCCO.CCC(C)CC(C)(C#CC(C)(CC)OCCO)OCCO. The first-order valence-corrected chi connectivity index (χ1v) is 18.1. The fourth-order valence-electron chi connectivity index (χ4n) is 5.13. The Morgan fingerprint density at radius 2 is 0.809 bits per heavy atom. The highest BCUT2D eigenvalue weighted by atomic mass is 16.5. The Morgan fingerprint density at radius 3 is 1.13 bits per heavy atom. The Hall–Kier alpha value is -1.20. The lowest BCUT2D eigenvalue weighted by Crippen LogP contribution is -2.33. The van der Waals surface area contributed by atoms with Gasteiger partial charge in [-0.15, -0.1) is 0 Å². The van der Waals surface area contributed by atoms with Crippen LogP contribution in [0.15, 0.2) is 0 Å². The molecule has 5 unspecified atom stereocenters. The van der Waals surface area contributed by atoms with E-state index in [4.69, 9.17) is 39.4 Å². The summed E-state index contributed by atoms with van der Waals surface area (Å²) in [4.78, 5) is 0. The highest BCUT2D eigenvalue weighted by Crippen LogP contribution is 2.26. The molecule has 5 atom stereocenters. The molecule has 0 heterocycles. The maximum atomic E-state index is 8.99. The topological polar surface area (TPSA) is 118 Å². The molecule has 0 radical (unpaired) electrons. The molecule has 0 aromatic rings. The lowest BCUT2D eigenvalue weighted by molar-refractivity contribution is -0.0232. The van der Waals surface area contributed by atoms with Crippen molar-refractivity contribution in [3.63, 3.8) is 0 Å². The van der Waals surface area contributed by atoms with Crippen LogP contribution >= 0.6 is 0 Å². The van der Waals surface area contributed by atoms with E-state index in [1.807, 2.05) is 20.8 Å². The van der Waals surface area contributed by atoms with E-state index in [2.05, 4.69) is 79.1 Å². The first-order chi connectivity index (χ1) is 22.0. The lowest BCUT2D eigenvalue weighted by atomic mass is 9.90. The summed E-state index contributed by atoms with van der Waals surface area (Å²) in [5, 5.41) is 35.8. The number of ether oxygens (including phenoxy) is 4. The summed E-state index contributed by atoms with van der Waals surface area (Å²) in [5.41, 5.74) is -2.17. The minimum atomic E-state index is -0.586. The first-order valence-electron chi connectivity index (χ1n) is 18.1. The molecule has 0 aromatic carbocycles. The quantitative estimate of drug-likeness (QED) is 0.0675. The van der Waals surface area contributed by atoms with Gasteiger partial charge in [0.25, 0.3) is 0 Å². The van der Waals surface area contributed by atoms with Gasteiger partial charge in [0.05, 0.1) is 26.4 Å². The molecule has 0 aliphatic carbocycles. The van der Waals surface area contributed by atoms with Gasteiger partial charge in [-0.2, -0.15) is 0 Å². The Bertz CT molecular complexity index is 851. The van der Waals surface area contributed by atoms with Crippen LogP contribution in [-0.2, 0) is 18.9 Å². The smallest absolute Gasteiger partial charge is 0.126 e. The Balaban J connectivity index is 0. The summed E-state index contributed by atoms with van der Waals surface area (Å²) >= 11 is 0. The van der Waals surface area contributed by atoms with E-state index in [9.17, 15) is 0 Å². The minimum absolute atomic E-state index is 0.0101. The van der Waals surface area contributed by atoms with Gasteiger partial charge in [0.15, 0.2) is 0 Å². The monoisotopic (exact) mass is 671 g/mol. The lowest BCUT2D eigenvalue weighted by Gasteiger charge is -2.30. The van der Waals surface area contributed by atoms with Crippen molar-refractivity contribution < 1.29 is 39.4 Å². The molecular formula is C39H74O8. The van der Waals surface area contributed by atoms with Crippen molar-refractivity contribution in [3.05, 3.63) is 0 Å². The minimum Gasteiger partial charge on any atom is -0.396 e. The normalized spacial score (nSPS) is 17.1. The molecule has 0 bridgehead atoms. The molecule has 0 aliphatic rings. The van der Waals surface area contributed by atoms with Gasteiger partial charge in [-0.3, -0.25) is 0 Å². The number of hydrogen-bond donors (Lipinski definition) is 4. The second-order valence-corrected chi connectivity index (χ2v) is 14.4. The zero-order chi connectivity index (χ0) is 36.4. The van der Waals surface area contributed by atoms with Crippen molar-refractivity contribution in [1.29, 1.82) is 0 Å². The van der Waals surface area contributed by atoms with Crippen LogP contribution in [0.5, 0.6) is 0 Å². The third-order valence-electron chi connectivity index (χ3n) is 7.86. The van der Waals surface area contributed by atoms with Crippen LogP contribution in [0.2, 0.25) is 0 Å². The highest BCUT2D eigenvalue weighted by molar-refractivity contribution is 5.21. The fourth-order valence-corrected chi connectivity index (χ4v) is 5.13. The van der Waals surface area contributed by atoms with Crippen LogP contribution in [0.1, 0.15) is 134 Å². The molecule has 0 spiro atoms. The van der Waals surface area contributed by atoms with E-state index in [1.54, 1.807) is 0 Å². The standard InChI is InChI=1S/C22H42O4.C17H32O4/c1-19(2)17-21(5,25-15-9-7-13-23)11-12-22(6,18-20(3)4)26-16-10-8-14-24;1-6-15(3)14-17(5,21-13-11-19)9-8-16(4,7-2)20-12-10-18/h19-20,23-24H,7-10,13-18H2,1-6H3;15,18-19H,6-7,10-14H2,1-5H3. The van der Waals surface area contributed by atoms with E-state index in [-0.39, 0.29) is 39.6 Å². The van der Waals surface area contributed by atoms with Crippen molar-refractivity contribution in [3.8, 4) is 23.7 Å². The predicted octanol–water partition coefficient (Wildman–Crippen LogP) is 6.55. The zero-order valence-corrected chi connectivity index (χ0v) is 32.2. The largest absolute Gasteiger partial charge is 0.396 e. The summed E-state index contributed by atoms with van der Waals surface area (Å²) in [6.07, 6.45) is 7.53. The predicted molar refractivity (Wildman–Crippen MR) is 193 cm³/mol. The molecule has 0 rings (SSSR count). The van der Waals surface area contributed by atoms with Gasteiger partial charge in [0.1, 0.15) is 22.4 Å². The molecule has 0 amide bonds. The van der Waals surface area contributed by atoms with E-state index in [0.29, 0.717) is 31.0 Å². The van der Waals surface area contributed by atoms with E-state index >= 15 is 0 Å². The van der Waals surface area contributed by atoms with Crippen LogP contribution < -0.4 is 0 Å². The molecule has 0 aromatic heterocycles. The maximum absolute atomic E-state index is 8.99. The molecule has 8 nitrogen and oxygen atoms in total. The van der Waals surface area contributed by atoms with Crippen LogP contribution in [0, 0.1) is 41.4 Å². The van der Waals surface area contributed by atoms with Crippen molar-refractivity contribution in [2.75, 3.05) is 52.9 Å². The Labute approximate surface area is 289 Å². The van der Waals surface area contributed by atoms with E-state index < -0.39 is 22.4 Å². The summed E-state index contributed by atoms with van der Waals surface area (Å²) in [6, 6.07) is 0. The van der Waals surface area contributed by atoms with Crippen LogP contribution in [0.3, 0.4) is 0 Å². The second-order valence-electron chi connectivity index (χ2n) is 14.4. The second kappa shape index (κ2) is 26.6. The molecule has 4 N–H and O–H groups in total. The number of rotatable bonds is 24. The van der Waals surface area contributed by atoms with Gasteiger partial charge >= 0.3 is 0 Å². The summed E-state index contributed by atoms with van der Waals surface area (Å²) in [7, 11) is 0. The fraction of sp³-hybridized carbons (Fsp3) is 0.897. The number of hydrogen-bond acceptors (Lipinski definition) is 8. The zero-order valence-electron chi connectivity index (χ0n) is 32.2. The number of aliphatic hydroxyl groups is 4. The molecular weight excluding hydrogens is 596 g/mol. The van der Waals surface area contributed by atoms with Crippen molar-refractivity contribution >= 4 is 0 Å². The molecule has 47 heavy (non-hydrogen) atoms. The average Bonchev–Trinajstić information content (AvgIpc) is 3.01. The molecule has 0 saturated carbocycles.